The van der Waals surface area contributed by atoms with Gasteiger partial charge in [-0.25, -0.2) is 0 Å². The van der Waals surface area contributed by atoms with Gasteiger partial charge in [0.15, 0.2) is 0 Å². The lowest BCUT2D eigenvalue weighted by Gasteiger charge is -2.10. The Morgan fingerprint density at radius 1 is 0.750 bits per heavy atom. The smallest absolute Gasteiger partial charge is 0.423 e. The molecule has 3 nitrogen and oxygen atoms in total. The first-order valence-corrected chi connectivity index (χ1v) is 8.54. The zero-order valence-electron chi connectivity index (χ0n) is 23.5. The van der Waals surface area contributed by atoms with Crippen LogP contribution in [0.3, 0.4) is 0 Å². The van der Waals surface area contributed by atoms with Gasteiger partial charge in [0.2, 0.25) is 0 Å². The van der Waals surface area contributed by atoms with Crippen molar-refractivity contribution in [1.29, 1.82) is 0 Å². The van der Waals surface area contributed by atoms with Crippen molar-refractivity contribution in [3.8, 4) is 16.8 Å². The van der Waals surface area contributed by atoms with E-state index < -0.39 is 61.5 Å². The van der Waals surface area contributed by atoms with Crippen LogP contribution in [0.1, 0.15) is 12.3 Å². The van der Waals surface area contributed by atoms with Gasteiger partial charge in [0.05, 0.1) is 23.4 Å². The number of hydrogen-bond donors (Lipinski definition) is 2. The minimum atomic E-state index is -1.72. The molecule has 2 N–H and O–H groups in total. The third-order valence-electron chi connectivity index (χ3n) is 4.58. The van der Waals surface area contributed by atoms with Crippen molar-refractivity contribution in [2.45, 2.75) is 0 Å². The Kier molecular flexibility index (Phi) is 2.32. The highest BCUT2D eigenvalue weighted by Gasteiger charge is 2.16. The van der Waals surface area contributed by atoms with Gasteiger partial charge in [-0.3, -0.25) is 0 Å². The normalized spacial score (nSPS) is 15.7. The predicted molar refractivity (Wildman–Crippen MR) is 116 cm³/mol. The van der Waals surface area contributed by atoms with Crippen LogP contribution in [-0.4, -0.2) is 21.7 Å². The van der Waals surface area contributed by atoms with Crippen LogP contribution in [0.15, 0.2) is 96.8 Å². The summed E-state index contributed by atoms with van der Waals surface area (Å²) in [6.45, 7) is 0. The molecule has 134 valence electrons. The highest BCUT2D eigenvalue weighted by atomic mass is 16.4. The highest BCUT2D eigenvalue weighted by Crippen LogP contribution is 2.32. The maximum atomic E-state index is 9.68. The van der Waals surface area contributed by atoms with Gasteiger partial charge in [-0.2, -0.15) is 0 Å². The third kappa shape index (κ3) is 2.71. The first kappa shape index (κ1) is 9.74. The van der Waals surface area contributed by atoms with Gasteiger partial charge in [-0.15, -0.1) is 0 Å². The summed E-state index contributed by atoms with van der Waals surface area (Å²) < 4.78 is 76.9. The van der Waals surface area contributed by atoms with E-state index in [-0.39, 0.29) is 22.3 Å². The maximum Gasteiger partial charge on any atom is 0.488 e. The maximum absolute atomic E-state index is 9.68. The van der Waals surface area contributed by atoms with Crippen LogP contribution in [0.25, 0.3) is 38.6 Å². The molecule has 4 heteroatoms. The summed E-state index contributed by atoms with van der Waals surface area (Å²) in [5.74, 6) is 0. The molecule has 0 unspecified atom stereocenters. The van der Waals surface area contributed by atoms with Gasteiger partial charge in [0.1, 0.15) is 0 Å². The van der Waals surface area contributed by atoms with E-state index in [1.165, 1.54) is 6.07 Å². The van der Waals surface area contributed by atoms with Gasteiger partial charge in [0, 0.05) is 16.5 Å². The van der Waals surface area contributed by atoms with Crippen molar-refractivity contribution in [1.82, 2.24) is 4.57 Å². The number of aromatic nitrogens is 1. The topological polar surface area (TPSA) is 45.4 Å². The van der Waals surface area contributed by atoms with Crippen molar-refractivity contribution >= 4 is 34.4 Å². The number of fused-ring (bicyclic) bond motifs is 3. The zero-order chi connectivity index (χ0) is 26.9. The summed E-state index contributed by atoms with van der Waals surface area (Å²) in [5.41, 5.74) is 0.412. The summed E-state index contributed by atoms with van der Waals surface area (Å²) in [6.07, 6.45) is 0. The molecule has 0 saturated carbocycles. The summed E-state index contributed by atoms with van der Waals surface area (Å²) in [7, 11) is -1.72. The second-order valence-electron chi connectivity index (χ2n) is 6.23. The van der Waals surface area contributed by atoms with E-state index in [1.54, 1.807) is 41.0 Å². The highest BCUT2D eigenvalue weighted by molar-refractivity contribution is 6.59. The largest absolute Gasteiger partial charge is 0.488 e. The van der Waals surface area contributed by atoms with Crippen molar-refractivity contribution in [2.24, 2.45) is 0 Å². The first-order valence-electron chi connectivity index (χ1n) is 13.0. The van der Waals surface area contributed by atoms with Crippen LogP contribution in [0.2, 0.25) is 0 Å². The molecule has 0 bridgehead atoms. The molecule has 0 aliphatic heterocycles. The summed E-state index contributed by atoms with van der Waals surface area (Å²) in [6, 6.07) is 6.50. The van der Waals surface area contributed by atoms with E-state index in [4.69, 9.17) is 12.3 Å². The molecular weight excluding hydrogens is 345 g/mol. The van der Waals surface area contributed by atoms with Gasteiger partial charge < -0.3 is 14.6 Å². The number of nitrogens with zero attached hydrogens (tertiary/aromatic N) is 1. The molecule has 28 heavy (non-hydrogen) atoms. The van der Waals surface area contributed by atoms with Crippen molar-refractivity contribution < 1.29 is 22.4 Å². The van der Waals surface area contributed by atoms with Crippen LogP contribution in [0.5, 0.6) is 0 Å². The summed E-state index contributed by atoms with van der Waals surface area (Å²) in [4.78, 5) is 0. The standard InChI is InChI=1S/C24H18BNO2/c27-25(28)19-13-14-24-22(16-19)21-11-4-5-12-23(21)26(24)20-10-6-9-18(15-20)17-7-2-1-3-8-17/h1-16,27-28H/i1D,2D,3D,6D,7D,8D,9D,10D,15D. The monoisotopic (exact) mass is 372 g/mol. The fourth-order valence-electron chi connectivity index (χ4n) is 3.34. The minimum absolute atomic E-state index is 0.105. The fraction of sp³-hybridized carbons (Fsp3) is 0. The van der Waals surface area contributed by atoms with Gasteiger partial charge in [-0.1, -0.05) is 72.6 Å². The molecule has 0 atom stereocenters. The van der Waals surface area contributed by atoms with E-state index in [2.05, 4.69) is 0 Å². The third-order valence-corrected chi connectivity index (χ3v) is 4.58. The van der Waals surface area contributed by atoms with E-state index in [1.807, 2.05) is 0 Å². The molecule has 4 aromatic carbocycles. The molecule has 1 aromatic heterocycles. The molecule has 0 saturated heterocycles. The number of hydrogen-bond acceptors (Lipinski definition) is 2. The van der Waals surface area contributed by atoms with Crippen molar-refractivity contribution in [3.05, 3.63) is 96.8 Å². The molecule has 1 heterocycles. The minimum Gasteiger partial charge on any atom is -0.423 e. The summed E-state index contributed by atoms with van der Waals surface area (Å²) >= 11 is 0. The average molecular weight is 372 g/mol. The van der Waals surface area contributed by atoms with Gasteiger partial charge in [-0.05, 0) is 40.8 Å². The molecule has 5 rings (SSSR count). The Labute approximate surface area is 175 Å². The van der Waals surface area contributed by atoms with Crippen LogP contribution >= 0.6 is 0 Å². The lowest BCUT2D eigenvalue weighted by atomic mass is 9.80. The Hall–Kier alpha value is -3.34. The van der Waals surface area contributed by atoms with E-state index in [0.29, 0.717) is 21.8 Å². The Bertz CT molecular complexity index is 1740. The van der Waals surface area contributed by atoms with E-state index in [0.717, 1.165) is 0 Å². The predicted octanol–water partition coefficient (Wildman–Crippen LogP) is 4.13. The average Bonchev–Trinajstić information content (AvgIpc) is 3.20. The molecule has 0 fully saturated rings. The van der Waals surface area contributed by atoms with Crippen LogP contribution in [0.4, 0.5) is 0 Å². The molecule has 0 aliphatic carbocycles. The van der Waals surface area contributed by atoms with Crippen molar-refractivity contribution in [3.63, 3.8) is 0 Å². The van der Waals surface area contributed by atoms with Crippen LogP contribution in [0, 0.1) is 0 Å². The Morgan fingerprint density at radius 2 is 1.50 bits per heavy atom. The first-order chi connectivity index (χ1) is 17.5. The van der Waals surface area contributed by atoms with Crippen LogP contribution < -0.4 is 5.46 Å². The fourth-order valence-corrected chi connectivity index (χ4v) is 3.34. The Morgan fingerprint density at radius 3 is 2.32 bits per heavy atom. The Balaban J connectivity index is 1.97. The second-order valence-corrected chi connectivity index (χ2v) is 6.23. The van der Waals surface area contributed by atoms with Gasteiger partial charge in [0.25, 0.3) is 0 Å². The molecular formula is C24H18BNO2. The molecule has 0 radical (unpaired) electrons. The zero-order valence-corrected chi connectivity index (χ0v) is 14.5. The molecule has 0 spiro atoms. The molecule has 0 aliphatic rings. The second kappa shape index (κ2) is 6.68. The molecule has 5 aromatic rings. The lowest BCUT2D eigenvalue weighted by Crippen LogP contribution is -2.29. The quantitative estimate of drug-likeness (QED) is 0.468. The number of para-hydroxylation sites is 1. The van der Waals surface area contributed by atoms with E-state index in [9.17, 15) is 10.0 Å². The van der Waals surface area contributed by atoms with Crippen molar-refractivity contribution in [2.75, 3.05) is 0 Å². The van der Waals surface area contributed by atoms with E-state index >= 15 is 0 Å². The van der Waals surface area contributed by atoms with Crippen LogP contribution in [-0.2, 0) is 0 Å². The number of benzene rings is 4. The van der Waals surface area contributed by atoms with Gasteiger partial charge >= 0.3 is 7.12 Å². The molecule has 0 amide bonds. The summed E-state index contributed by atoms with van der Waals surface area (Å²) in [5, 5.41) is 20.6. The number of rotatable bonds is 3. The lowest BCUT2D eigenvalue weighted by molar-refractivity contribution is 0.426. The SMILES string of the molecule is [2H]c1c([2H])c([2H])c(-c2c([2H])c([2H])c([2H])c(-n3c4ccccc4c4cc(B(O)O)ccc43)c2[2H])c([2H])c1[2H].